The van der Waals surface area contributed by atoms with Gasteiger partial charge in [0.25, 0.3) is 0 Å². The Labute approximate surface area is 124 Å². The lowest BCUT2D eigenvalue weighted by Crippen LogP contribution is -2.07. The molecule has 0 aliphatic carbocycles. The second kappa shape index (κ2) is 6.61. The predicted molar refractivity (Wildman–Crippen MR) is 86.2 cm³/mol. The van der Waals surface area contributed by atoms with Gasteiger partial charge in [0.05, 0.1) is 7.11 Å². The van der Waals surface area contributed by atoms with E-state index in [1.165, 1.54) is 6.08 Å². The lowest BCUT2D eigenvalue weighted by atomic mass is 10.1. The van der Waals surface area contributed by atoms with Crippen molar-refractivity contribution in [2.24, 2.45) is 0 Å². The average Bonchev–Trinajstić information content (AvgIpc) is 2.49. The normalized spacial score (nSPS) is 10.6. The van der Waals surface area contributed by atoms with Gasteiger partial charge in [0.15, 0.2) is 0 Å². The van der Waals surface area contributed by atoms with Crippen LogP contribution in [0.25, 0.3) is 6.08 Å². The summed E-state index contributed by atoms with van der Waals surface area (Å²) in [5.74, 6) is 0.554. The average molecular weight is 282 g/mol. The Morgan fingerprint density at radius 1 is 1.19 bits per heavy atom. The van der Waals surface area contributed by atoms with E-state index < -0.39 is 0 Å². The molecule has 0 atom stereocenters. The van der Waals surface area contributed by atoms with Crippen molar-refractivity contribution in [3.63, 3.8) is 0 Å². The minimum absolute atomic E-state index is 0.195. The monoisotopic (exact) mass is 282 g/mol. The Balaban J connectivity index is 1.99. The minimum atomic E-state index is -0.195. The molecule has 0 fully saturated rings. The van der Waals surface area contributed by atoms with Gasteiger partial charge in [0.2, 0.25) is 5.91 Å². The molecule has 2 rings (SSSR count). The molecule has 0 aromatic heterocycles. The van der Waals surface area contributed by atoms with Crippen molar-refractivity contribution in [3.05, 3.63) is 59.7 Å². The van der Waals surface area contributed by atoms with E-state index in [-0.39, 0.29) is 5.91 Å². The highest BCUT2D eigenvalue weighted by Crippen LogP contribution is 2.16. The van der Waals surface area contributed by atoms with Crippen LogP contribution < -0.4 is 15.8 Å². The zero-order valence-electron chi connectivity index (χ0n) is 12.1. The number of hydrogen-bond donors (Lipinski definition) is 2. The first-order chi connectivity index (χ1) is 10.1. The zero-order valence-corrected chi connectivity index (χ0v) is 12.1. The third-order valence-corrected chi connectivity index (χ3v) is 3.09. The zero-order chi connectivity index (χ0) is 15.2. The van der Waals surface area contributed by atoms with Crippen molar-refractivity contribution in [1.29, 1.82) is 0 Å². The topological polar surface area (TPSA) is 64.3 Å². The summed E-state index contributed by atoms with van der Waals surface area (Å²) in [7, 11) is 1.60. The number of rotatable bonds is 4. The summed E-state index contributed by atoms with van der Waals surface area (Å²) in [5, 5.41) is 2.78. The fourth-order valence-electron chi connectivity index (χ4n) is 1.79. The maximum atomic E-state index is 11.8. The summed E-state index contributed by atoms with van der Waals surface area (Å²) in [6.45, 7) is 1.94. The molecule has 3 N–H and O–H groups in total. The molecule has 0 heterocycles. The SMILES string of the molecule is COc1ccc(NC(=O)/C=C/c2ccc(C)c(N)c2)cc1. The summed E-state index contributed by atoms with van der Waals surface area (Å²) in [4.78, 5) is 11.8. The van der Waals surface area contributed by atoms with E-state index >= 15 is 0 Å². The van der Waals surface area contributed by atoms with Gasteiger partial charge in [-0.15, -0.1) is 0 Å². The molecule has 0 saturated heterocycles. The van der Waals surface area contributed by atoms with E-state index in [1.807, 2.05) is 25.1 Å². The van der Waals surface area contributed by atoms with Crippen LogP contribution in [0.1, 0.15) is 11.1 Å². The second-order valence-electron chi connectivity index (χ2n) is 4.67. The summed E-state index contributed by atoms with van der Waals surface area (Å²) >= 11 is 0. The van der Waals surface area contributed by atoms with Crippen LogP contribution in [-0.4, -0.2) is 13.0 Å². The molecule has 0 aliphatic rings. The number of aryl methyl sites for hydroxylation is 1. The van der Waals surface area contributed by atoms with Gasteiger partial charge < -0.3 is 15.8 Å². The van der Waals surface area contributed by atoms with Crippen molar-refractivity contribution in [2.45, 2.75) is 6.92 Å². The van der Waals surface area contributed by atoms with E-state index in [0.717, 1.165) is 16.9 Å². The number of methoxy groups -OCH3 is 1. The lowest BCUT2D eigenvalue weighted by Gasteiger charge is -2.04. The molecule has 0 aliphatic heterocycles. The maximum absolute atomic E-state index is 11.8. The van der Waals surface area contributed by atoms with Crippen molar-refractivity contribution in [1.82, 2.24) is 0 Å². The van der Waals surface area contributed by atoms with E-state index in [2.05, 4.69) is 5.32 Å². The van der Waals surface area contributed by atoms with Crippen LogP contribution in [0.4, 0.5) is 11.4 Å². The quantitative estimate of drug-likeness (QED) is 0.668. The first kappa shape index (κ1) is 14.7. The van der Waals surface area contributed by atoms with Crippen molar-refractivity contribution >= 4 is 23.4 Å². The van der Waals surface area contributed by atoms with E-state index in [4.69, 9.17) is 10.5 Å². The van der Waals surface area contributed by atoms with Gasteiger partial charge in [0.1, 0.15) is 5.75 Å². The third kappa shape index (κ3) is 4.11. The summed E-state index contributed by atoms with van der Waals surface area (Å²) in [5.41, 5.74) is 9.18. The van der Waals surface area contributed by atoms with E-state index in [0.29, 0.717) is 11.4 Å². The predicted octanol–water partition coefficient (Wildman–Crippen LogP) is 3.24. The summed E-state index contributed by atoms with van der Waals surface area (Å²) in [6.07, 6.45) is 3.21. The van der Waals surface area contributed by atoms with Crippen LogP contribution in [-0.2, 0) is 4.79 Å². The molecule has 0 spiro atoms. The largest absolute Gasteiger partial charge is 0.497 e. The van der Waals surface area contributed by atoms with E-state index in [9.17, 15) is 4.79 Å². The molecule has 1 amide bonds. The third-order valence-electron chi connectivity index (χ3n) is 3.09. The Morgan fingerprint density at radius 2 is 1.90 bits per heavy atom. The van der Waals surface area contributed by atoms with Crippen LogP contribution in [0.2, 0.25) is 0 Å². The fourth-order valence-corrected chi connectivity index (χ4v) is 1.79. The van der Waals surface area contributed by atoms with Crippen LogP contribution >= 0.6 is 0 Å². The Hall–Kier alpha value is -2.75. The Kier molecular flexibility index (Phi) is 4.61. The molecular formula is C17H18N2O2. The molecule has 2 aromatic carbocycles. The highest BCUT2D eigenvalue weighted by molar-refractivity contribution is 6.02. The van der Waals surface area contributed by atoms with Gasteiger partial charge in [-0.3, -0.25) is 4.79 Å². The molecule has 0 radical (unpaired) electrons. The fraction of sp³-hybridized carbons (Fsp3) is 0.118. The molecule has 0 unspecified atom stereocenters. The minimum Gasteiger partial charge on any atom is -0.497 e. The highest BCUT2D eigenvalue weighted by Gasteiger charge is 1.99. The number of carbonyl (C=O) groups is 1. The number of carbonyl (C=O) groups excluding carboxylic acids is 1. The Morgan fingerprint density at radius 3 is 2.52 bits per heavy atom. The van der Waals surface area contributed by atoms with Gasteiger partial charge in [-0.25, -0.2) is 0 Å². The molecule has 4 nitrogen and oxygen atoms in total. The van der Waals surface area contributed by atoms with Crippen molar-refractivity contribution < 1.29 is 9.53 Å². The lowest BCUT2D eigenvalue weighted by molar-refractivity contribution is -0.111. The maximum Gasteiger partial charge on any atom is 0.248 e. The summed E-state index contributed by atoms with van der Waals surface area (Å²) < 4.78 is 5.06. The van der Waals surface area contributed by atoms with Gasteiger partial charge >= 0.3 is 0 Å². The molecule has 21 heavy (non-hydrogen) atoms. The Bertz CT molecular complexity index is 661. The van der Waals surface area contributed by atoms with Gasteiger partial charge in [-0.2, -0.15) is 0 Å². The number of hydrogen-bond acceptors (Lipinski definition) is 3. The van der Waals surface area contributed by atoms with E-state index in [1.54, 1.807) is 37.5 Å². The first-order valence-corrected chi connectivity index (χ1v) is 6.58. The molecule has 2 aromatic rings. The molecule has 0 bridgehead atoms. The smallest absolute Gasteiger partial charge is 0.248 e. The van der Waals surface area contributed by atoms with Crippen molar-refractivity contribution in [2.75, 3.05) is 18.2 Å². The molecule has 0 saturated carbocycles. The number of nitrogens with two attached hydrogens (primary N) is 1. The van der Waals surface area contributed by atoms with Gasteiger partial charge in [-0.1, -0.05) is 12.1 Å². The second-order valence-corrected chi connectivity index (χ2v) is 4.67. The molecule has 108 valence electrons. The number of amides is 1. The van der Waals surface area contributed by atoms with Crippen LogP contribution in [0.5, 0.6) is 5.75 Å². The number of ether oxygens (including phenoxy) is 1. The number of nitrogen functional groups attached to an aromatic ring is 1. The first-order valence-electron chi connectivity index (χ1n) is 6.58. The standard InChI is InChI=1S/C17H18N2O2/c1-12-3-4-13(11-16(12)18)5-10-17(20)19-14-6-8-15(21-2)9-7-14/h3-11H,18H2,1-2H3,(H,19,20)/b10-5+. The number of benzene rings is 2. The van der Waals surface area contributed by atoms with Crippen LogP contribution in [0.3, 0.4) is 0 Å². The summed E-state index contributed by atoms with van der Waals surface area (Å²) in [6, 6.07) is 12.8. The van der Waals surface area contributed by atoms with Crippen molar-refractivity contribution in [3.8, 4) is 5.75 Å². The van der Waals surface area contributed by atoms with Crippen LogP contribution in [0, 0.1) is 6.92 Å². The van der Waals surface area contributed by atoms with Gasteiger partial charge in [0, 0.05) is 17.5 Å². The number of anilines is 2. The van der Waals surface area contributed by atoms with Gasteiger partial charge in [-0.05, 0) is 54.5 Å². The molecular weight excluding hydrogens is 264 g/mol. The number of nitrogens with one attached hydrogen (secondary N) is 1. The van der Waals surface area contributed by atoms with Crippen LogP contribution in [0.15, 0.2) is 48.5 Å². The highest BCUT2D eigenvalue weighted by atomic mass is 16.5. The molecule has 4 heteroatoms.